The molecule has 0 fully saturated rings. The third-order valence-corrected chi connectivity index (χ3v) is 6.38. The zero-order valence-corrected chi connectivity index (χ0v) is 17.2. The third-order valence-electron chi connectivity index (χ3n) is 5.33. The fourth-order valence-electron chi connectivity index (χ4n) is 3.61. The minimum Gasteiger partial charge on any atom is -0.319 e. The number of carbonyl (C=O) groups is 1. The van der Waals surface area contributed by atoms with Gasteiger partial charge in [-0.2, -0.15) is 4.98 Å². The topological polar surface area (TPSA) is 62.5 Å². The molecule has 0 spiro atoms. The van der Waals surface area contributed by atoms with Gasteiger partial charge in [-0.1, -0.05) is 30.4 Å². The summed E-state index contributed by atoms with van der Waals surface area (Å²) in [6.07, 6.45) is 1.68. The van der Waals surface area contributed by atoms with Crippen LogP contribution >= 0.6 is 11.3 Å². The molecule has 3 heterocycles. The lowest BCUT2D eigenvalue weighted by Crippen LogP contribution is -2.38. The first kappa shape index (κ1) is 18.7. The average Bonchev–Trinajstić information content (AvgIpc) is 3.32. The van der Waals surface area contributed by atoms with Gasteiger partial charge in [0, 0.05) is 29.1 Å². The molecule has 2 amide bonds. The Bertz CT molecular complexity index is 1210. The zero-order chi connectivity index (χ0) is 20.7. The maximum absolute atomic E-state index is 13.2. The Morgan fingerprint density at radius 2 is 1.93 bits per heavy atom. The molecule has 1 aliphatic heterocycles. The highest BCUT2D eigenvalue weighted by Gasteiger charge is 2.26. The molecule has 0 unspecified atom stereocenters. The van der Waals surface area contributed by atoms with E-state index in [1.54, 1.807) is 23.5 Å². The van der Waals surface area contributed by atoms with Crippen molar-refractivity contribution >= 4 is 28.0 Å². The van der Waals surface area contributed by atoms with Gasteiger partial charge in [0.1, 0.15) is 5.82 Å². The highest BCUT2D eigenvalue weighted by Crippen LogP contribution is 2.30. The quantitative estimate of drug-likeness (QED) is 0.519. The van der Waals surface area contributed by atoms with E-state index in [-0.39, 0.29) is 11.8 Å². The van der Waals surface area contributed by atoms with Crippen molar-refractivity contribution in [2.45, 2.75) is 26.3 Å². The van der Waals surface area contributed by atoms with Gasteiger partial charge in [-0.15, -0.1) is 5.10 Å². The number of rotatable bonds is 3. The number of anilines is 1. The van der Waals surface area contributed by atoms with Gasteiger partial charge in [0.2, 0.25) is 4.96 Å². The lowest BCUT2D eigenvalue weighted by Gasteiger charge is -2.26. The van der Waals surface area contributed by atoms with E-state index in [2.05, 4.69) is 22.3 Å². The number of fused-ring (bicyclic) bond motifs is 3. The number of carbonyl (C=O) groups excluding carboxylic acids is 1. The molecule has 2 aromatic heterocycles. The van der Waals surface area contributed by atoms with Gasteiger partial charge in [-0.05, 0) is 48.4 Å². The Kier molecular flexibility index (Phi) is 4.71. The fraction of sp³-hybridized carbons (Fsp3) is 0.227. The number of nitrogens with zero attached hydrogens (tertiary/aromatic N) is 4. The summed E-state index contributed by atoms with van der Waals surface area (Å²) < 4.78 is 15.0. The van der Waals surface area contributed by atoms with Crippen LogP contribution < -0.4 is 5.32 Å². The molecule has 0 saturated carbocycles. The second-order valence-corrected chi connectivity index (χ2v) is 8.32. The van der Waals surface area contributed by atoms with Crippen molar-refractivity contribution in [1.82, 2.24) is 19.5 Å². The van der Waals surface area contributed by atoms with Gasteiger partial charge in [0.05, 0.1) is 12.2 Å². The summed E-state index contributed by atoms with van der Waals surface area (Å²) in [4.78, 5) is 21.0. The summed E-state index contributed by atoms with van der Waals surface area (Å²) in [7, 11) is 0. The van der Waals surface area contributed by atoms with Crippen molar-refractivity contribution in [3.8, 4) is 11.4 Å². The summed E-state index contributed by atoms with van der Waals surface area (Å²) in [6, 6.07) is 14.0. The van der Waals surface area contributed by atoms with Gasteiger partial charge >= 0.3 is 6.03 Å². The maximum atomic E-state index is 13.2. The van der Waals surface area contributed by atoms with Crippen LogP contribution in [0.3, 0.4) is 0 Å². The summed E-state index contributed by atoms with van der Waals surface area (Å²) in [5.74, 6) is 0.302. The molecule has 6 nitrogen and oxygen atoms in total. The number of amides is 2. The molecule has 0 atom stereocenters. The highest BCUT2D eigenvalue weighted by atomic mass is 32.1. The fourth-order valence-corrected chi connectivity index (χ4v) is 4.73. The smallest absolute Gasteiger partial charge is 0.319 e. The minimum atomic E-state index is -0.281. The van der Waals surface area contributed by atoms with Crippen molar-refractivity contribution in [2.24, 2.45) is 0 Å². The van der Waals surface area contributed by atoms with Gasteiger partial charge in [-0.25, -0.2) is 13.7 Å². The summed E-state index contributed by atoms with van der Waals surface area (Å²) in [5.41, 5.74) is 3.92. The number of aromatic nitrogens is 3. The standard InChI is InChI=1S/C22H20FN5OS/c1-2-14-3-9-17(10-4-14)24-21(29)27-12-11-18-19(13-27)30-22-25-20(26-28(18)22)15-5-7-16(23)8-6-15/h3-10H,2,11-13H2,1H3,(H,24,29). The van der Waals surface area contributed by atoms with Gasteiger partial charge < -0.3 is 10.2 Å². The zero-order valence-electron chi connectivity index (χ0n) is 16.4. The third kappa shape index (κ3) is 3.43. The molecule has 4 aromatic rings. The largest absolute Gasteiger partial charge is 0.322 e. The van der Waals surface area contributed by atoms with E-state index < -0.39 is 0 Å². The van der Waals surface area contributed by atoms with Crippen LogP contribution in [0.4, 0.5) is 14.9 Å². The van der Waals surface area contributed by atoms with Crippen LogP contribution in [0.1, 0.15) is 23.1 Å². The lowest BCUT2D eigenvalue weighted by atomic mass is 10.1. The molecule has 5 rings (SSSR count). The van der Waals surface area contributed by atoms with E-state index in [4.69, 9.17) is 0 Å². The van der Waals surface area contributed by atoms with Crippen molar-refractivity contribution in [2.75, 3.05) is 11.9 Å². The summed E-state index contributed by atoms with van der Waals surface area (Å²) in [5, 5.41) is 7.59. The van der Waals surface area contributed by atoms with Crippen LogP contribution in [-0.2, 0) is 19.4 Å². The monoisotopic (exact) mass is 421 g/mol. The second-order valence-electron chi connectivity index (χ2n) is 7.26. The number of aryl methyl sites for hydroxylation is 1. The first-order chi connectivity index (χ1) is 14.6. The van der Waals surface area contributed by atoms with E-state index in [9.17, 15) is 9.18 Å². The first-order valence-electron chi connectivity index (χ1n) is 9.89. The molecule has 152 valence electrons. The molecule has 0 radical (unpaired) electrons. The lowest BCUT2D eigenvalue weighted by molar-refractivity contribution is 0.206. The van der Waals surface area contributed by atoms with E-state index in [0.717, 1.165) is 33.2 Å². The molecule has 0 saturated heterocycles. The molecule has 8 heteroatoms. The number of benzene rings is 2. The van der Waals surface area contributed by atoms with E-state index in [1.165, 1.54) is 17.7 Å². The van der Waals surface area contributed by atoms with Crippen molar-refractivity contribution in [3.05, 3.63) is 70.5 Å². The SMILES string of the molecule is CCc1ccc(NC(=O)N2CCc3c(sc4nc(-c5ccc(F)cc5)nn34)C2)cc1. The van der Waals surface area contributed by atoms with Gasteiger partial charge in [0.15, 0.2) is 5.82 Å². The van der Waals surface area contributed by atoms with E-state index >= 15 is 0 Å². The molecular weight excluding hydrogens is 401 g/mol. The number of urea groups is 1. The number of nitrogens with one attached hydrogen (secondary N) is 1. The van der Waals surface area contributed by atoms with Crippen molar-refractivity contribution in [3.63, 3.8) is 0 Å². The van der Waals surface area contributed by atoms with E-state index in [1.807, 2.05) is 33.7 Å². The predicted octanol–water partition coefficient (Wildman–Crippen LogP) is 4.75. The van der Waals surface area contributed by atoms with E-state index in [0.29, 0.717) is 25.3 Å². The summed E-state index contributed by atoms with van der Waals surface area (Å²) >= 11 is 1.54. The maximum Gasteiger partial charge on any atom is 0.322 e. The number of hydrogen-bond donors (Lipinski definition) is 1. The van der Waals surface area contributed by atoms with Crippen LogP contribution in [0.15, 0.2) is 48.5 Å². The first-order valence-corrected chi connectivity index (χ1v) is 10.7. The molecule has 1 N–H and O–H groups in total. The second kappa shape index (κ2) is 7.53. The molecule has 0 aliphatic carbocycles. The van der Waals surface area contributed by atoms with Crippen LogP contribution in [0.25, 0.3) is 16.3 Å². The van der Waals surface area contributed by atoms with Crippen LogP contribution in [0.2, 0.25) is 0 Å². The normalized spacial score (nSPS) is 13.5. The van der Waals surface area contributed by atoms with Crippen LogP contribution in [0, 0.1) is 5.82 Å². The Hall–Kier alpha value is -3.26. The molecular formula is C22H20FN5OS. The number of halogens is 1. The Labute approximate surface area is 177 Å². The van der Waals surface area contributed by atoms with Crippen LogP contribution in [-0.4, -0.2) is 32.1 Å². The van der Waals surface area contributed by atoms with Crippen molar-refractivity contribution in [1.29, 1.82) is 0 Å². The Morgan fingerprint density at radius 1 is 1.17 bits per heavy atom. The molecule has 0 bridgehead atoms. The highest BCUT2D eigenvalue weighted by molar-refractivity contribution is 7.17. The molecule has 2 aromatic carbocycles. The Morgan fingerprint density at radius 3 is 2.67 bits per heavy atom. The van der Waals surface area contributed by atoms with Crippen molar-refractivity contribution < 1.29 is 9.18 Å². The summed E-state index contributed by atoms with van der Waals surface area (Å²) in [6.45, 7) is 3.26. The number of hydrogen-bond acceptors (Lipinski definition) is 4. The van der Waals surface area contributed by atoms with Gasteiger partial charge in [0.25, 0.3) is 0 Å². The number of thiazole rings is 1. The average molecular weight is 422 g/mol. The molecule has 1 aliphatic rings. The van der Waals surface area contributed by atoms with Gasteiger partial charge in [-0.3, -0.25) is 0 Å². The molecule has 30 heavy (non-hydrogen) atoms. The van der Waals surface area contributed by atoms with Crippen LogP contribution in [0.5, 0.6) is 0 Å². The predicted molar refractivity (Wildman–Crippen MR) is 115 cm³/mol. The Balaban J connectivity index is 1.33. The minimum absolute atomic E-state index is 0.101.